The van der Waals surface area contributed by atoms with E-state index < -0.39 is 0 Å². The van der Waals surface area contributed by atoms with Gasteiger partial charge in [0.2, 0.25) is 0 Å². The van der Waals surface area contributed by atoms with Crippen LogP contribution in [0.15, 0.2) is 24.3 Å². The highest BCUT2D eigenvalue weighted by molar-refractivity contribution is 7.08. The van der Waals surface area contributed by atoms with E-state index >= 15 is 0 Å². The van der Waals surface area contributed by atoms with Gasteiger partial charge in [0.25, 0.3) is 5.91 Å². The van der Waals surface area contributed by atoms with Crippen molar-refractivity contribution >= 4 is 23.1 Å². The number of benzene rings is 1. The lowest BCUT2D eigenvalue weighted by atomic mass is 10.2. The Hall–Kier alpha value is -2.46. The van der Waals surface area contributed by atoms with E-state index in [9.17, 15) is 4.79 Å². The molecule has 108 valence electrons. The monoisotopic (exact) mass is 302 g/mol. The van der Waals surface area contributed by atoms with Crippen molar-refractivity contribution in [1.82, 2.24) is 9.59 Å². The molecule has 0 aliphatic carbocycles. The van der Waals surface area contributed by atoms with Crippen LogP contribution in [0, 0.1) is 11.3 Å². The maximum absolute atomic E-state index is 12.2. The van der Waals surface area contributed by atoms with Crippen molar-refractivity contribution in [1.29, 1.82) is 5.26 Å². The summed E-state index contributed by atoms with van der Waals surface area (Å²) in [4.78, 5) is 12.7. The van der Waals surface area contributed by atoms with Crippen molar-refractivity contribution in [3.8, 4) is 11.8 Å². The van der Waals surface area contributed by atoms with Crippen LogP contribution in [0.4, 0.5) is 5.69 Å². The minimum absolute atomic E-state index is 0.00137. The van der Waals surface area contributed by atoms with Crippen LogP contribution in [0.5, 0.6) is 5.75 Å². The summed E-state index contributed by atoms with van der Waals surface area (Å²) >= 11 is 1.10. The Bertz CT molecular complexity index is 646. The lowest BCUT2D eigenvalue weighted by molar-refractivity contribution is 0.102. The average Bonchev–Trinajstić information content (AvgIpc) is 2.95. The van der Waals surface area contributed by atoms with Gasteiger partial charge in [-0.05, 0) is 42.2 Å². The third kappa shape index (κ3) is 4.00. The molecule has 0 spiro atoms. The predicted molar refractivity (Wildman–Crippen MR) is 79.4 cm³/mol. The van der Waals surface area contributed by atoms with E-state index in [1.54, 1.807) is 24.3 Å². The van der Waals surface area contributed by atoms with Gasteiger partial charge >= 0.3 is 0 Å². The zero-order chi connectivity index (χ0) is 15.1. The molecule has 21 heavy (non-hydrogen) atoms. The van der Waals surface area contributed by atoms with Gasteiger partial charge in [0.1, 0.15) is 16.7 Å². The smallest absolute Gasteiger partial charge is 0.269 e. The molecular formula is C14H14N4O2S. The van der Waals surface area contributed by atoms with Gasteiger partial charge in [0.05, 0.1) is 5.69 Å². The first-order chi connectivity index (χ1) is 10.2. The van der Waals surface area contributed by atoms with E-state index in [4.69, 9.17) is 10.00 Å². The number of hydrogen-bond donors (Lipinski definition) is 1. The Balaban J connectivity index is 2.02. The van der Waals surface area contributed by atoms with E-state index in [1.807, 2.05) is 13.0 Å². The summed E-state index contributed by atoms with van der Waals surface area (Å²) in [6, 6.07) is 8.74. The van der Waals surface area contributed by atoms with Crippen molar-refractivity contribution in [2.45, 2.75) is 19.8 Å². The second-order valence-electron chi connectivity index (χ2n) is 4.22. The first-order valence-electron chi connectivity index (χ1n) is 6.47. The summed E-state index contributed by atoms with van der Waals surface area (Å²) in [5, 5.41) is 15.2. The normalized spacial score (nSPS) is 9.90. The predicted octanol–water partition coefficient (Wildman–Crippen LogP) is 2.65. The van der Waals surface area contributed by atoms with Crippen molar-refractivity contribution < 1.29 is 9.53 Å². The van der Waals surface area contributed by atoms with Crippen molar-refractivity contribution in [2.75, 3.05) is 11.9 Å². The lowest BCUT2D eigenvalue weighted by Crippen LogP contribution is -2.12. The van der Waals surface area contributed by atoms with Gasteiger partial charge in [-0.3, -0.25) is 4.79 Å². The number of hydrogen-bond acceptors (Lipinski definition) is 6. The fraction of sp³-hybridized carbons (Fsp3) is 0.286. The summed E-state index contributed by atoms with van der Waals surface area (Å²) in [5.74, 6) is 0.375. The van der Waals surface area contributed by atoms with Crippen LogP contribution >= 0.6 is 11.5 Å². The molecule has 0 saturated heterocycles. The number of aryl methyl sites for hydroxylation is 1. The summed E-state index contributed by atoms with van der Waals surface area (Å²) in [6.45, 7) is 2.03. The summed E-state index contributed by atoms with van der Waals surface area (Å²) in [7, 11) is 0. The molecule has 1 N–H and O–H groups in total. The van der Waals surface area contributed by atoms with Gasteiger partial charge in [-0.1, -0.05) is 17.8 Å². The Morgan fingerprint density at radius 1 is 1.43 bits per heavy atom. The molecular weight excluding hydrogens is 288 g/mol. The Kier molecular flexibility index (Phi) is 5.23. The fourth-order valence-electron chi connectivity index (χ4n) is 1.72. The van der Waals surface area contributed by atoms with Crippen molar-refractivity contribution in [2.24, 2.45) is 0 Å². The van der Waals surface area contributed by atoms with Crippen LogP contribution in [0.2, 0.25) is 0 Å². The highest BCUT2D eigenvalue weighted by Gasteiger charge is 2.15. The molecule has 0 bridgehead atoms. The molecule has 0 atom stereocenters. The van der Waals surface area contributed by atoms with Gasteiger partial charge in [-0.15, -0.1) is 5.10 Å². The molecule has 7 heteroatoms. The first kappa shape index (κ1) is 14.9. The largest absolute Gasteiger partial charge is 0.479 e. The van der Waals surface area contributed by atoms with Gasteiger partial charge < -0.3 is 10.1 Å². The summed E-state index contributed by atoms with van der Waals surface area (Å²) in [5.41, 5.74) is 1.38. The molecule has 0 saturated carbocycles. The minimum Gasteiger partial charge on any atom is -0.479 e. The Morgan fingerprint density at radius 3 is 2.86 bits per heavy atom. The van der Waals surface area contributed by atoms with Crippen LogP contribution in [0.1, 0.15) is 28.7 Å². The summed E-state index contributed by atoms with van der Waals surface area (Å²) < 4.78 is 8.98. The van der Waals surface area contributed by atoms with E-state index in [-0.39, 0.29) is 12.5 Å². The van der Waals surface area contributed by atoms with E-state index in [2.05, 4.69) is 14.9 Å². The third-order valence-electron chi connectivity index (χ3n) is 2.66. The van der Waals surface area contributed by atoms with E-state index in [0.717, 1.165) is 30.1 Å². The molecule has 1 aromatic carbocycles. The molecule has 0 unspecified atom stereocenters. The Labute approximate surface area is 126 Å². The maximum Gasteiger partial charge on any atom is 0.269 e. The number of nitriles is 1. The van der Waals surface area contributed by atoms with Crippen molar-refractivity contribution in [3.63, 3.8) is 0 Å². The van der Waals surface area contributed by atoms with Gasteiger partial charge in [0, 0.05) is 5.69 Å². The van der Waals surface area contributed by atoms with Crippen LogP contribution in [0.3, 0.4) is 0 Å². The van der Waals surface area contributed by atoms with Crippen LogP contribution in [-0.4, -0.2) is 22.1 Å². The molecule has 0 fully saturated rings. The zero-order valence-electron chi connectivity index (χ0n) is 11.5. The highest BCUT2D eigenvalue weighted by Crippen LogP contribution is 2.18. The number of anilines is 1. The number of amides is 1. The molecule has 0 aliphatic rings. The SMILES string of the molecule is CCCc1nnsc1C(=O)Nc1ccc(OCC#N)cc1. The number of ether oxygens (including phenoxy) is 1. The van der Waals surface area contributed by atoms with Crippen LogP contribution < -0.4 is 10.1 Å². The third-order valence-corrected chi connectivity index (χ3v) is 3.43. The Morgan fingerprint density at radius 2 is 2.19 bits per heavy atom. The standard InChI is InChI=1S/C14H14N4O2S/c1-2-3-12-13(21-18-17-12)14(19)16-10-4-6-11(7-5-10)20-9-8-15/h4-7H,2-3,9H2,1H3,(H,16,19). The molecule has 1 amide bonds. The maximum atomic E-state index is 12.2. The molecule has 0 radical (unpaired) electrons. The van der Waals surface area contributed by atoms with Gasteiger partial charge in [-0.2, -0.15) is 5.26 Å². The molecule has 2 rings (SSSR count). The number of carbonyl (C=O) groups excluding carboxylic acids is 1. The number of rotatable bonds is 6. The number of nitrogens with one attached hydrogen (secondary N) is 1. The fourth-order valence-corrected chi connectivity index (χ4v) is 2.32. The number of aromatic nitrogens is 2. The topological polar surface area (TPSA) is 87.9 Å². The molecule has 2 aromatic rings. The molecule has 1 heterocycles. The average molecular weight is 302 g/mol. The lowest BCUT2D eigenvalue weighted by Gasteiger charge is -2.06. The zero-order valence-corrected chi connectivity index (χ0v) is 12.3. The van der Waals surface area contributed by atoms with Crippen LogP contribution in [0.25, 0.3) is 0 Å². The van der Waals surface area contributed by atoms with E-state index in [0.29, 0.717) is 16.3 Å². The van der Waals surface area contributed by atoms with Gasteiger partial charge in [0.15, 0.2) is 6.61 Å². The van der Waals surface area contributed by atoms with Crippen molar-refractivity contribution in [3.05, 3.63) is 34.8 Å². The first-order valence-corrected chi connectivity index (χ1v) is 7.24. The number of carbonyl (C=O) groups is 1. The highest BCUT2D eigenvalue weighted by atomic mass is 32.1. The quantitative estimate of drug-likeness (QED) is 0.886. The van der Waals surface area contributed by atoms with E-state index in [1.165, 1.54) is 0 Å². The number of nitrogens with zero attached hydrogens (tertiary/aromatic N) is 3. The van der Waals surface area contributed by atoms with Crippen LogP contribution in [-0.2, 0) is 6.42 Å². The minimum atomic E-state index is -0.209. The molecule has 0 aliphatic heterocycles. The second-order valence-corrected chi connectivity index (χ2v) is 4.98. The second kappa shape index (κ2) is 7.36. The van der Waals surface area contributed by atoms with Gasteiger partial charge in [-0.25, -0.2) is 0 Å². The summed E-state index contributed by atoms with van der Waals surface area (Å²) in [6.07, 6.45) is 1.65. The molecule has 6 nitrogen and oxygen atoms in total. The molecule has 1 aromatic heterocycles.